The topological polar surface area (TPSA) is 29.1 Å². The molecule has 20 heavy (non-hydrogen) atoms. The van der Waals surface area contributed by atoms with Gasteiger partial charge >= 0.3 is 0 Å². The molecule has 0 saturated heterocycles. The Morgan fingerprint density at radius 1 is 1.05 bits per heavy atom. The molecule has 0 radical (unpaired) electrons. The van der Waals surface area contributed by atoms with Crippen molar-refractivity contribution < 1.29 is 18.0 Å². The van der Waals surface area contributed by atoms with Gasteiger partial charge in [0.1, 0.15) is 17.5 Å². The fourth-order valence-electron chi connectivity index (χ4n) is 1.64. The minimum absolute atomic E-state index is 0.146. The Kier molecular flexibility index (Phi) is 4.44. The van der Waals surface area contributed by atoms with E-state index in [4.69, 9.17) is 0 Å². The van der Waals surface area contributed by atoms with Crippen molar-refractivity contribution in [3.05, 3.63) is 63.9 Å². The number of nitrogens with one attached hydrogen (secondary N) is 1. The number of carbonyl (C=O) groups is 1. The normalized spacial score (nSPS) is 10.4. The van der Waals surface area contributed by atoms with Gasteiger partial charge in [-0.1, -0.05) is 15.9 Å². The Bertz CT molecular complexity index is 661. The van der Waals surface area contributed by atoms with Gasteiger partial charge in [-0.15, -0.1) is 0 Å². The zero-order chi connectivity index (χ0) is 14.7. The number of hydrogen-bond acceptors (Lipinski definition) is 1. The molecule has 1 amide bonds. The zero-order valence-corrected chi connectivity index (χ0v) is 11.7. The van der Waals surface area contributed by atoms with Crippen molar-refractivity contribution in [2.75, 3.05) is 5.32 Å². The number of benzene rings is 2. The zero-order valence-electron chi connectivity index (χ0n) is 10.1. The van der Waals surface area contributed by atoms with Crippen LogP contribution in [-0.4, -0.2) is 5.91 Å². The summed E-state index contributed by atoms with van der Waals surface area (Å²) >= 11 is 3.17. The first kappa shape index (κ1) is 14.6. The standard InChI is InChI=1S/C14H9BrF3NO/c15-9-1-3-11(17)8(5-9)6-14(20)19-13-4-2-10(16)7-12(13)18/h1-5,7H,6H2,(H,19,20). The van der Waals surface area contributed by atoms with E-state index < -0.39 is 23.4 Å². The summed E-state index contributed by atoms with van der Waals surface area (Å²) in [5, 5.41) is 2.27. The summed E-state index contributed by atoms with van der Waals surface area (Å²) in [5.41, 5.74) is 0.0335. The first-order valence-electron chi connectivity index (χ1n) is 5.64. The average Bonchev–Trinajstić information content (AvgIpc) is 2.37. The fourth-order valence-corrected chi connectivity index (χ4v) is 2.05. The lowest BCUT2D eigenvalue weighted by atomic mass is 10.1. The van der Waals surface area contributed by atoms with E-state index in [1.165, 1.54) is 18.2 Å². The molecule has 6 heteroatoms. The molecule has 2 rings (SSSR count). The molecule has 0 aliphatic carbocycles. The van der Waals surface area contributed by atoms with Crippen LogP contribution in [0.25, 0.3) is 0 Å². The molecule has 0 bridgehead atoms. The maximum absolute atomic E-state index is 13.5. The summed E-state index contributed by atoms with van der Waals surface area (Å²) in [4.78, 5) is 11.7. The molecule has 2 aromatic carbocycles. The van der Waals surface area contributed by atoms with Crippen molar-refractivity contribution in [1.82, 2.24) is 0 Å². The molecule has 0 unspecified atom stereocenters. The predicted octanol–water partition coefficient (Wildman–Crippen LogP) is 4.05. The number of halogens is 4. The van der Waals surface area contributed by atoms with Crippen LogP contribution in [0, 0.1) is 17.5 Å². The van der Waals surface area contributed by atoms with Gasteiger partial charge in [-0.2, -0.15) is 0 Å². The summed E-state index contributed by atoms with van der Waals surface area (Å²) in [6.07, 6.45) is -0.248. The number of rotatable bonds is 3. The Morgan fingerprint density at radius 3 is 2.50 bits per heavy atom. The Morgan fingerprint density at radius 2 is 1.80 bits per heavy atom. The first-order chi connectivity index (χ1) is 9.45. The Labute approximate surface area is 121 Å². The highest BCUT2D eigenvalue weighted by Gasteiger charge is 2.11. The van der Waals surface area contributed by atoms with Gasteiger partial charge in [0.05, 0.1) is 12.1 Å². The van der Waals surface area contributed by atoms with Gasteiger partial charge in [0, 0.05) is 10.5 Å². The molecule has 0 aliphatic heterocycles. The second kappa shape index (κ2) is 6.09. The fraction of sp³-hybridized carbons (Fsp3) is 0.0714. The van der Waals surface area contributed by atoms with E-state index in [2.05, 4.69) is 21.2 Å². The molecule has 2 nitrogen and oxygen atoms in total. The van der Waals surface area contributed by atoms with E-state index in [1.807, 2.05) is 0 Å². The third-order valence-corrected chi connectivity index (χ3v) is 3.06. The molecule has 0 fully saturated rings. The van der Waals surface area contributed by atoms with Crippen LogP contribution in [0.15, 0.2) is 40.9 Å². The van der Waals surface area contributed by atoms with Gasteiger partial charge in [0.15, 0.2) is 0 Å². The van der Waals surface area contributed by atoms with Crippen LogP contribution >= 0.6 is 15.9 Å². The Hall–Kier alpha value is -1.82. The monoisotopic (exact) mass is 343 g/mol. The molecule has 104 valence electrons. The summed E-state index contributed by atoms with van der Waals surface area (Å²) in [7, 11) is 0. The van der Waals surface area contributed by atoms with Crippen molar-refractivity contribution in [2.24, 2.45) is 0 Å². The molecule has 0 heterocycles. The van der Waals surface area contributed by atoms with Gasteiger partial charge < -0.3 is 5.32 Å². The van der Waals surface area contributed by atoms with Crippen molar-refractivity contribution in [3.63, 3.8) is 0 Å². The maximum Gasteiger partial charge on any atom is 0.228 e. The van der Waals surface area contributed by atoms with E-state index in [9.17, 15) is 18.0 Å². The highest BCUT2D eigenvalue weighted by Crippen LogP contribution is 2.18. The first-order valence-corrected chi connectivity index (χ1v) is 6.44. The molecular formula is C14H9BrF3NO. The molecule has 0 atom stereocenters. The van der Waals surface area contributed by atoms with Gasteiger partial charge in [-0.25, -0.2) is 13.2 Å². The minimum atomic E-state index is -0.881. The second-order valence-electron chi connectivity index (χ2n) is 4.08. The van der Waals surface area contributed by atoms with E-state index in [0.29, 0.717) is 10.5 Å². The lowest BCUT2D eigenvalue weighted by Crippen LogP contribution is -2.16. The summed E-state index contributed by atoms with van der Waals surface area (Å²) in [5.74, 6) is -2.73. The van der Waals surface area contributed by atoms with E-state index >= 15 is 0 Å². The number of hydrogen-bond donors (Lipinski definition) is 1. The predicted molar refractivity (Wildman–Crippen MR) is 72.8 cm³/mol. The lowest BCUT2D eigenvalue weighted by molar-refractivity contribution is -0.115. The van der Waals surface area contributed by atoms with Crippen LogP contribution in [0.5, 0.6) is 0 Å². The average molecular weight is 344 g/mol. The van der Waals surface area contributed by atoms with Crippen LogP contribution in [0.4, 0.5) is 18.9 Å². The molecular weight excluding hydrogens is 335 g/mol. The maximum atomic E-state index is 13.5. The molecule has 2 aromatic rings. The van der Waals surface area contributed by atoms with Crippen molar-refractivity contribution in [3.8, 4) is 0 Å². The third kappa shape index (κ3) is 3.60. The molecule has 1 N–H and O–H groups in total. The number of anilines is 1. The molecule has 0 spiro atoms. The lowest BCUT2D eigenvalue weighted by Gasteiger charge is -2.07. The minimum Gasteiger partial charge on any atom is -0.323 e. The van der Waals surface area contributed by atoms with Gasteiger partial charge in [0.25, 0.3) is 0 Å². The van der Waals surface area contributed by atoms with Crippen molar-refractivity contribution in [2.45, 2.75) is 6.42 Å². The van der Waals surface area contributed by atoms with Crippen LogP contribution in [0.2, 0.25) is 0 Å². The van der Waals surface area contributed by atoms with Crippen LogP contribution in [-0.2, 0) is 11.2 Å². The SMILES string of the molecule is O=C(Cc1cc(Br)ccc1F)Nc1ccc(F)cc1F. The van der Waals surface area contributed by atoms with E-state index in [1.54, 1.807) is 0 Å². The third-order valence-electron chi connectivity index (χ3n) is 2.56. The van der Waals surface area contributed by atoms with Gasteiger partial charge in [0.2, 0.25) is 5.91 Å². The summed E-state index contributed by atoms with van der Waals surface area (Å²) < 4.78 is 40.2. The van der Waals surface area contributed by atoms with Crippen molar-refractivity contribution in [1.29, 1.82) is 0 Å². The molecule has 0 aromatic heterocycles. The van der Waals surface area contributed by atoms with Crippen molar-refractivity contribution >= 4 is 27.5 Å². The Balaban J connectivity index is 2.11. The van der Waals surface area contributed by atoms with E-state index in [-0.39, 0.29) is 17.7 Å². The second-order valence-corrected chi connectivity index (χ2v) is 5.00. The van der Waals surface area contributed by atoms with Crippen LogP contribution in [0.1, 0.15) is 5.56 Å². The van der Waals surface area contributed by atoms with Crippen LogP contribution in [0.3, 0.4) is 0 Å². The van der Waals surface area contributed by atoms with Gasteiger partial charge in [-0.3, -0.25) is 4.79 Å². The molecule has 0 aliphatic rings. The largest absolute Gasteiger partial charge is 0.323 e. The van der Waals surface area contributed by atoms with Gasteiger partial charge in [-0.05, 0) is 35.9 Å². The summed E-state index contributed by atoms with van der Waals surface area (Å²) in [6, 6.07) is 7.00. The highest BCUT2D eigenvalue weighted by molar-refractivity contribution is 9.10. The van der Waals surface area contributed by atoms with Crippen LogP contribution < -0.4 is 5.32 Å². The number of carbonyl (C=O) groups excluding carboxylic acids is 1. The number of amides is 1. The highest BCUT2D eigenvalue weighted by atomic mass is 79.9. The quantitative estimate of drug-likeness (QED) is 0.894. The summed E-state index contributed by atoms with van der Waals surface area (Å²) in [6.45, 7) is 0. The molecule has 0 saturated carbocycles. The smallest absolute Gasteiger partial charge is 0.228 e. The van der Waals surface area contributed by atoms with E-state index in [0.717, 1.165) is 12.1 Å².